The zero-order chi connectivity index (χ0) is 9.97. The molecule has 1 saturated carbocycles. The molecular formula is C11H15BrN2. The molecule has 0 atom stereocenters. The third-order valence-corrected chi connectivity index (χ3v) is 2.92. The highest BCUT2D eigenvalue weighted by Crippen LogP contribution is 2.31. The number of halogens is 1. The number of hydrogen-bond donors (Lipinski definition) is 0. The summed E-state index contributed by atoms with van der Waals surface area (Å²) in [5.74, 6) is 1.16. The molecule has 2 nitrogen and oxygen atoms in total. The van der Waals surface area contributed by atoms with Gasteiger partial charge in [0.1, 0.15) is 5.82 Å². The monoisotopic (exact) mass is 254 g/mol. The van der Waals surface area contributed by atoms with Gasteiger partial charge in [-0.2, -0.15) is 0 Å². The largest absolute Gasteiger partial charge is 0.353 e. The number of aryl methyl sites for hydroxylation is 1. The molecule has 1 aliphatic rings. The van der Waals surface area contributed by atoms with Crippen molar-refractivity contribution in [1.82, 2.24) is 4.98 Å². The van der Waals surface area contributed by atoms with E-state index >= 15 is 0 Å². The average Bonchev–Trinajstić information content (AvgIpc) is 2.99. The van der Waals surface area contributed by atoms with Crippen LogP contribution in [0.5, 0.6) is 0 Å². The smallest absolute Gasteiger partial charge is 0.131 e. The molecule has 76 valence electrons. The summed E-state index contributed by atoms with van der Waals surface area (Å²) in [5.41, 5.74) is 1.28. The van der Waals surface area contributed by atoms with Gasteiger partial charge < -0.3 is 4.90 Å². The van der Waals surface area contributed by atoms with E-state index in [1.807, 2.05) is 12.3 Å². The van der Waals surface area contributed by atoms with E-state index in [-0.39, 0.29) is 0 Å². The van der Waals surface area contributed by atoms with Crippen molar-refractivity contribution in [3.8, 4) is 0 Å². The zero-order valence-electron chi connectivity index (χ0n) is 8.41. The molecular weight excluding hydrogens is 240 g/mol. The van der Waals surface area contributed by atoms with Crippen LogP contribution in [0, 0.1) is 6.92 Å². The topological polar surface area (TPSA) is 16.1 Å². The van der Waals surface area contributed by atoms with Crippen molar-refractivity contribution in [2.45, 2.75) is 25.8 Å². The number of rotatable bonds is 4. The highest BCUT2D eigenvalue weighted by atomic mass is 79.9. The van der Waals surface area contributed by atoms with E-state index in [0.29, 0.717) is 0 Å². The molecule has 1 heterocycles. The number of anilines is 1. The fourth-order valence-corrected chi connectivity index (χ4v) is 2.10. The van der Waals surface area contributed by atoms with Crippen molar-refractivity contribution in [3.05, 3.63) is 23.9 Å². The van der Waals surface area contributed by atoms with Crippen LogP contribution in [0.2, 0.25) is 0 Å². The normalized spacial score (nSPS) is 15.6. The molecule has 0 radical (unpaired) electrons. The molecule has 0 bridgehead atoms. The van der Waals surface area contributed by atoms with E-state index in [9.17, 15) is 0 Å². The van der Waals surface area contributed by atoms with Crippen LogP contribution in [-0.2, 0) is 0 Å². The summed E-state index contributed by atoms with van der Waals surface area (Å²) < 4.78 is 0. The van der Waals surface area contributed by atoms with Crippen LogP contribution in [0.3, 0.4) is 0 Å². The van der Waals surface area contributed by atoms with Crippen molar-refractivity contribution in [1.29, 1.82) is 0 Å². The van der Waals surface area contributed by atoms with Gasteiger partial charge in [-0.25, -0.2) is 4.98 Å². The van der Waals surface area contributed by atoms with Gasteiger partial charge in [-0.05, 0) is 31.4 Å². The summed E-state index contributed by atoms with van der Waals surface area (Å²) in [6, 6.07) is 4.87. The number of pyridine rings is 1. The first-order chi connectivity index (χ1) is 6.83. The molecule has 3 heteroatoms. The lowest BCUT2D eigenvalue weighted by atomic mass is 10.2. The minimum absolute atomic E-state index is 0.737. The Balaban J connectivity index is 2.21. The molecule has 0 aliphatic heterocycles. The van der Waals surface area contributed by atoms with Gasteiger partial charge in [0.05, 0.1) is 0 Å². The van der Waals surface area contributed by atoms with Crippen molar-refractivity contribution in [3.63, 3.8) is 0 Å². The molecule has 1 aliphatic carbocycles. The zero-order valence-corrected chi connectivity index (χ0v) is 10.00. The van der Waals surface area contributed by atoms with Crippen molar-refractivity contribution >= 4 is 21.7 Å². The Hall–Kier alpha value is -0.570. The Morgan fingerprint density at radius 1 is 1.57 bits per heavy atom. The fourth-order valence-electron chi connectivity index (χ4n) is 1.72. The second-order valence-electron chi connectivity index (χ2n) is 3.76. The molecule has 0 aromatic carbocycles. The van der Waals surface area contributed by atoms with E-state index in [4.69, 9.17) is 0 Å². The third kappa shape index (κ3) is 2.08. The van der Waals surface area contributed by atoms with Crippen molar-refractivity contribution < 1.29 is 0 Å². The lowest BCUT2D eigenvalue weighted by molar-refractivity contribution is 0.811. The number of alkyl halides is 1. The maximum absolute atomic E-state index is 4.46. The maximum atomic E-state index is 4.46. The minimum atomic E-state index is 0.737. The molecule has 1 aromatic rings. The van der Waals surface area contributed by atoms with Crippen LogP contribution in [-0.4, -0.2) is 22.9 Å². The highest BCUT2D eigenvalue weighted by molar-refractivity contribution is 9.09. The van der Waals surface area contributed by atoms with Gasteiger partial charge in [-0.15, -0.1) is 0 Å². The van der Waals surface area contributed by atoms with E-state index in [2.05, 4.69) is 38.8 Å². The Labute approximate surface area is 93.5 Å². The van der Waals surface area contributed by atoms with Crippen molar-refractivity contribution in [2.75, 3.05) is 16.8 Å². The summed E-state index contributed by atoms with van der Waals surface area (Å²) in [6.07, 6.45) is 4.53. The summed E-state index contributed by atoms with van der Waals surface area (Å²) in [4.78, 5) is 6.88. The highest BCUT2D eigenvalue weighted by Gasteiger charge is 2.29. The number of hydrogen-bond acceptors (Lipinski definition) is 2. The lowest BCUT2D eigenvalue weighted by Gasteiger charge is -2.23. The van der Waals surface area contributed by atoms with E-state index in [0.717, 1.165) is 23.7 Å². The summed E-state index contributed by atoms with van der Waals surface area (Å²) >= 11 is 3.50. The van der Waals surface area contributed by atoms with Gasteiger partial charge in [0.15, 0.2) is 0 Å². The third-order valence-electron chi connectivity index (χ3n) is 2.57. The first-order valence-electron chi connectivity index (χ1n) is 5.07. The molecule has 14 heavy (non-hydrogen) atoms. The predicted octanol–water partition coefficient (Wildman–Crippen LogP) is 2.75. The Bertz CT molecular complexity index is 310. The van der Waals surface area contributed by atoms with Crippen LogP contribution < -0.4 is 4.90 Å². The van der Waals surface area contributed by atoms with E-state index < -0.39 is 0 Å². The predicted molar refractivity (Wildman–Crippen MR) is 63.1 cm³/mol. The molecule has 0 N–H and O–H groups in total. The second-order valence-corrected chi connectivity index (χ2v) is 4.55. The molecule has 0 spiro atoms. The van der Waals surface area contributed by atoms with Gasteiger partial charge in [-0.3, -0.25) is 0 Å². The molecule has 0 amide bonds. The Morgan fingerprint density at radius 2 is 2.36 bits per heavy atom. The average molecular weight is 255 g/mol. The standard InChI is InChI=1S/C11H15BrN2/c1-9-3-2-7-13-11(9)14(8-6-12)10-4-5-10/h2-3,7,10H,4-6,8H2,1H3. The van der Waals surface area contributed by atoms with Gasteiger partial charge in [0.2, 0.25) is 0 Å². The van der Waals surface area contributed by atoms with Crippen LogP contribution in [0.15, 0.2) is 18.3 Å². The first kappa shape index (κ1) is 9.97. The molecule has 1 aromatic heterocycles. The van der Waals surface area contributed by atoms with Gasteiger partial charge in [0.25, 0.3) is 0 Å². The van der Waals surface area contributed by atoms with Crippen LogP contribution in [0.4, 0.5) is 5.82 Å². The Morgan fingerprint density at radius 3 is 2.93 bits per heavy atom. The molecule has 0 saturated heterocycles. The maximum Gasteiger partial charge on any atom is 0.131 e. The minimum Gasteiger partial charge on any atom is -0.353 e. The van der Waals surface area contributed by atoms with Crippen LogP contribution >= 0.6 is 15.9 Å². The van der Waals surface area contributed by atoms with Gasteiger partial charge >= 0.3 is 0 Å². The molecule has 0 unspecified atom stereocenters. The van der Waals surface area contributed by atoms with Crippen LogP contribution in [0.25, 0.3) is 0 Å². The second kappa shape index (κ2) is 4.30. The number of nitrogens with zero attached hydrogens (tertiary/aromatic N) is 2. The van der Waals surface area contributed by atoms with Gasteiger partial charge in [0, 0.05) is 24.1 Å². The van der Waals surface area contributed by atoms with Crippen LogP contribution in [0.1, 0.15) is 18.4 Å². The quantitative estimate of drug-likeness (QED) is 0.769. The molecule has 1 fully saturated rings. The fraction of sp³-hybridized carbons (Fsp3) is 0.545. The lowest BCUT2D eigenvalue weighted by Crippen LogP contribution is -2.29. The first-order valence-corrected chi connectivity index (χ1v) is 6.19. The summed E-state index contributed by atoms with van der Waals surface area (Å²) in [5, 5.41) is 1.01. The van der Waals surface area contributed by atoms with E-state index in [1.54, 1.807) is 0 Å². The van der Waals surface area contributed by atoms with E-state index in [1.165, 1.54) is 18.4 Å². The van der Waals surface area contributed by atoms with Crippen molar-refractivity contribution in [2.24, 2.45) is 0 Å². The summed E-state index contributed by atoms with van der Waals surface area (Å²) in [6.45, 7) is 3.19. The SMILES string of the molecule is Cc1cccnc1N(CCBr)C1CC1. The Kier molecular flexibility index (Phi) is 3.06. The van der Waals surface area contributed by atoms with Gasteiger partial charge in [-0.1, -0.05) is 22.0 Å². The molecule has 2 rings (SSSR count). The number of aromatic nitrogens is 1. The summed E-state index contributed by atoms with van der Waals surface area (Å²) in [7, 11) is 0.